The lowest BCUT2D eigenvalue weighted by Crippen LogP contribution is -2.29. The molecule has 0 bridgehead atoms. The first-order valence-corrected chi connectivity index (χ1v) is 11.8. The Kier molecular flexibility index (Phi) is 7.50. The first-order chi connectivity index (χ1) is 15.7. The number of nitrogens with zero attached hydrogens (tertiary/aromatic N) is 1. The van der Waals surface area contributed by atoms with Gasteiger partial charge in [-0.3, -0.25) is 9.10 Å². The van der Waals surface area contributed by atoms with Crippen LogP contribution >= 0.6 is 0 Å². The standard InChI is InChI=1S/C25H26N2O5S/c1-18-11-13-22(14-12-18)27(3)33(30,31)23-10-6-9-20(15-23)25(29)32-17-24(28)26-16-21-8-5-4-7-19(21)2/h4-15H,16-17H2,1-3H3,(H,26,28). The van der Waals surface area contributed by atoms with Crippen molar-refractivity contribution in [1.29, 1.82) is 0 Å². The maximum absolute atomic E-state index is 13.0. The van der Waals surface area contributed by atoms with Gasteiger partial charge < -0.3 is 10.1 Å². The molecule has 33 heavy (non-hydrogen) atoms. The maximum atomic E-state index is 13.0. The first-order valence-electron chi connectivity index (χ1n) is 10.3. The second-order valence-electron chi connectivity index (χ2n) is 7.62. The molecule has 1 amide bonds. The molecule has 0 saturated carbocycles. The number of carbonyl (C=O) groups excluding carboxylic acids is 2. The average Bonchev–Trinajstić information content (AvgIpc) is 2.82. The van der Waals surface area contributed by atoms with Crippen LogP contribution < -0.4 is 9.62 Å². The zero-order chi connectivity index (χ0) is 24.0. The van der Waals surface area contributed by atoms with Crippen molar-refractivity contribution in [1.82, 2.24) is 5.32 Å². The number of ether oxygens (including phenoxy) is 1. The SMILES string of the molecule is Cc1ccc(N(C)S(=O)(=O)c2cccc(C(=O)OCC(=O)NCc3ccccc3C)c2)cc1. The number of aryl methyl sites for hydroxylation is 2. The zero-order valence-corrected chi connectivity index (χ0v) is 19.6. The molecule has 172 valence electrons. The smallest absolute Gasteiger partial charge is 0.338 e. The van der Waals surface area contributed by atoms with Crippen LogP contribution in [0.25, 0.3) is 0 Å². The molecule has 0 aromatic heterocycles. The number of nitrogens with one attached hydrogen (secondary N) is 1. The Balaban J connectivity index is 1.63. The lowest BCUT2D eigenvalue weighted by molar-refractivity contribution is -0.124. The van der Waals surface area contributed by atoms with Crippen LogP contribution in [-0.4, -0.2) is 33.9 Å². The lowest BCUT2D eigenvalue weighted by atomic mass is 10.1. The zero-order valence-electron chi connectivity index (χ0n) is 18.7. The fourth-order valence-corrected chi connectivity index (χ4v) is 4.34. The molecule has 0 aliphatic carbocycles. The second-order valence-corrected chi connectivity index (χ2v) is 9.58. The molecular formula is C25H26N2O5S. The van der Waals surface area contributed by atoms with E-state index in [-0.39, 0.29) is 10.5 Å². The van der Waals surface area contributed by atoms with E-state index in [0.717, 1.165) is 21.0 Å². The monoisotopic (exact) mass is 466 g/mol. The van der Waals surface area contributed by atoms with Crippen LogP contribution in [0.5, 0.6) is 0 Å². The minimum absolute atomic E-state index is 0.0417. The Morgan fingerprint density at radius 1 is 0.939 bits per heavy atom. The number of hydrogen-bond donors (Lipinski definition) is 1. The molecule has 8 heteroatoms. The van der Waals surface area contributed by atoms with Crippen molar-refractivity contribution in [2.45, 2.75) is 25.3 Å². The van der Waals surface area contributed by atoms with Crippen molar-refractivity contribution in [3.05, 3.63) is 95.1 Å². The van der Waals surface area contributed by atoms with Crippen LogP contribution in [0, 0.1) is 13.8 Å². The van der Waals surface area contributed by atoms with Crippen molar-refractivity contribution >= 4 is 27.6 Å². The highest BCUT2D eigenvalue weighted by molar-refractivity contribution is 7.92. The second kappa shape index (κ2) is 10.3. The van der Waals surface area contributed by atoms with Gasteiger partial charge in [0.1, 0.15) is 0 Å². The van der Waals surface area contributed by atoms with E-state index >= 15 is 0 Å². The average molecular weight is 467 g/mol. The number of anilines is 1. The van der Waals surface area contributed by atoms with Crippen LogP contribution in [0.3, 0.4) is 0 Å². The summed E-state index contributed by atoms with van der Waals surface area (Å²) in [6.45, 7) is 3.71. The highest BCUT2D eigenvalue weighted by atomic mass is 32.2. The largest absolute Gasteiger partial charge is 0.452 e. The summed E-state index contributed by atoms with van der Waals surface area (Å²) in [5.74, 6) is -1.23. The highest BCUT2D eigenvalue weighted by Gasteiger charge is 2.23. The number of hydrogen-bond acceptors (Lipinski definition) is 5. The van der Waals surface area contributed by atoms with Crippen molar-refractivity contribution in [2.24, 2.45) is 0 Å². The Morgan fingerprint density at radius 3 is 2.33 bits per heavy atom. The van der Waals surface area contributed by atoms with Crippen molar-refractivity contribution in [3.8, 4) is 0 Å². The number of esters is 1. The minimum atomic E-state index is -3.89. The van der Waals surface area contributed by atoms with Crippen LogP contribution in [0.1, 0.15) is 27.0 Å². The fourth-order valence-electron chi connectivity index (χ4n) is 3.10. The van der Waals surface area contributed by atoms with Crippen molar-refractivity contribution < 1.29 is 22.7 Å². The number of sulfonamides is 1. The summed E-state index contributed by atoms with van der Waals surface area (Å²) in [7, 11) is -2.44. The summed E-state index contributed by atoms with van der Waals surface area (Å²) in [6.07, 6.45) is 0. The molecule has 0 saturated heterocycles. The van der Waals surface area contributed by atoms with Gasteiger partial charge in [0.2, 0.25) is 0 Å². The lowest BCUT2D eigenvalue weighted by Gasteiger charge is -2.20. The quantitative estimate of drug-likeness (QED) is 0.512. The van der Waals surface area contributed by atoms with Crippen LogP contribution in [0.15, 0.2) is 77.7 Å². The summed E-state index contributed by atoms with van der Waals surface area (Å²) in [4.78, 5) is 24.4. The Labute approximate surface area is 194 Å². The van der Waals surface area contributed by atoms with E-state index < -0.39 is 28.5 Å². The van der Waals surface area contributed by atoms with Crippen molar-refractivity contribution in [3.63, 3.8) is 0 Å². The molecule has 0 spiro atoms. The third kappa shape index (κ3) is 5.98. The van der Waals surface area contributed by atoms with E-state index in [2.05, 4.69) is 5.32 Å². The summed E-state index contributed by atoms with van der Waals surface area (Å²) >= 11 is 0. The number of amides is 1. The maximum Gasteiger partial charge on any atom is 0.338 e. The summed E-state index contributed by atoms with van der Waals surface area (Å²) < 4.78 is 32.3. The van der Waals surface area contributed by atoms with Gasteiger partial charge in [-0.25, -0.2) is 13.2 Å². The molecule has 0 aliphatic heterocycles. The Hall–Kier alpha value is -3.65. The van der Waals surface area contributed by atoms with Crippen LogP contribution in [0.4, 0.5) is 5.69 Å². The van der Waals surface area contributed by atoms with E-state index in [1.807, 2.05) is 50.2 Å². The summed E-state index contributed by atoms with van der Waals surface area (Å²) in [5.41, 5.74) is 3.56. The highest BCUT2D eigenvalue weighted by Crippen LogP contribution is 2.23. The van der Waals surface area contributed by atoms with Crippen molar-refractivity contribution in [2.75, 3.05) is 18.0 Å². The van der Waals surface area contributed by atoms with Crippen LogP contribution in [0.2, 0.25) is 0 Å². The predicted octanol–water partition coefficient (Wildman–Crippen LogP) is 3.60. The molecule has 0 fully saturated rings. The minimum Gasteiger partial charge on any atom is -0.452 e. The molecule has 0 heterocycles. The Bertz CT molecular complexity index is 1250. The number of benzene rings is 3. The van der Waals surface area contributed by atoms with Crippen LogP contribution in [-0.2, 0) is 26.1 Å². The molecule has 0 aliphatic rings. The summed E-state index contributed by atoms with van der Waals surface area (Å²) in [5, 5.41) is 2.70. The topological polar surface area (TPSA) is 92.8 Å². The number of carbonyl (C=O) groups is 2. The van der Waals surface area contributed by atoms with Gasteiger partial charge in [-0.05, 0) is 55.3 Å². The Morgan fingerprint density at radius 2 is 1.64 bits per heavy atom. The fraction of sp³-hybridized carbons (Fsp3) is 0.200. The van der Waals surface area contributed by atoms with Gasteiger partial charge in [0.15, 0.2) is 6.61 Å². The molecule has 3 aromatic rings. The summed E-state index contributed by atoms with van der Waals surface area (Å²) in [6, 6.07) is 20.3. The molecule has 3 aromatic carbocycles. The van der Waals surface area contributed by atoms with E-state index in [0.29, 0.717) is 12.2 Å². The molecule has 3 rings (SSSR count). The van der Waals surface area contributed by atoms with Gasteiger partial charge >= 0.3 is 5.97 Å². The van der Waals surface area contributed by atoms with E-state index in [1.54, 1.807) is 12.1 Å². The number of rotatable bonds is 8. The van der Waals surface area contributed by atoms with E-state index in [4.69, 9.17) is 4.74 Å². The van der Waals surface area contributed by atoms with E-state index in [9.17, 15) is 18.0 Å². The molecular weight excluding hydrogens is 440 g/mol. The third-order valence-electron chi connectivity index (χ3n) is 5.20. The molecule has 1 N–H and O–H groups in total. The van der Waals surface area contributed by atoms with E-state index in [1.165, 1.54) is 31.3 Å². The predicted molar refractivity (Wildman–Crippen MR) is 127 cm³/mol. The molecule has 0 radical (unpaired) electrons. The van der Waals surface area contributed by atoms with Gasteiger partial charge in [-0.2, -0.15) is 0 Å². The first kappa shape index (κ1) is 24.0. The van der Waals surface area contributed by atoms with Gasteiger partial charge in [0.05, 0.1) is 16.1 Å². The molecule has 0 atom stereocenters. The van der Waals surface area contributed by atoms with Gasteiger partial charge in [0, 0.05) is 13.6 Å². The van der Waals surface area contributed by atoms with Gasteiger partial charge in [-0.1, -0.05) is 48.0 Å². The third-order valence-corrected chi connectivity index (χ3v) is 6.98. The molecule has 7 nitrogen and oxygen atoms in total. The molecule has 0 unspecified atom stereocenters. The normalized spacial score (nSPS) is 11.0. The van der Waals surface area contributed by atoms with Gasteiger partial charge in [0.25, 0.3) is 15.9 Å². The van der Waals surface area contributed by atoms with Gasteiger partial charge in [-0.15, -0.1) is 0 Å².